The van der Waals surface area contributed by atoms with Crippen molar-refractivity contribution in [1.82, 2.24) is 5.32 Å². The summed E-state index contributed by atoms with van der Waals surface area (Å²) in [6, 6.07) is -0.0820. The summed E-state index contributed by atoms with van der Waals surface area (Å²) in [4.78, 5) is 12.4. The van der Waals surface area contributed by atoms with Gasteiger partial charge in [-0.2, -0.15) is 0 Å². The number of rotatable bonds is 32. The highest BCUT2D eigenvalue weighted by atomic mass is 16.3. The van der Waals surface area contributed by atoms with Crippen LogP contribution in [0.1, 0.15) is 213 Å². The molecule has 0 radical (unpaired) electrons. The number of hydrogen-bond acceptors (Lipinski definition) is 2. The normalized spacial score (nSPS) is 13.0. The van der Waals surface area contributed by atoms with Crippen LogP contribution in [-0.2, 0) is 4.79 Å². The minimum absolute atomic E-state index is 0.0820. The Morgan fingerprint density at radius 1 is 0.487 bits per heavy atom. The minimum atomic E-state index is -0.400. The standard InChI is InChI=1S/C36H73NO2/c1-4-7-9-11-13-15-17-19-21-22-24-26-28-30-32-35(38)34(6-3)37-36(39)33-31-29-27-25-23-20-18-16-14-12-10-8-5-2/h34-35,38H,4-33H2,1-3H3,(H,37,39). The molecule has 0 aliphatic carbocycles. The van der Waals surface area contributed by atoms with Gasteiger partial charge in [-0.15, -0.1) is 0 Å². The summed E-state index contributed by atoms with van der Waals surface area (Å²) in [7, 11) is 0. The van der Waals surface area contributed by atoms with Crippen LogP contribution in [0.4, 0.5) is 0 Å². The third-order valence-corrected chi connectivity index (χ3v) is 8.61. The van der Waals surface area contributed by atoms with E-state index in [0.29, 0.717) is 6.42 Å². The molecule has 0 bridgehead atoms. The van der Waals surface area contributed by atoms with E-state index in [2.05, 4.69) is 26.1 Å². The van der Waals surface area contributed by atoms with Crippen LogP contribution < -0.4 is 5.32 Å². The van der Waals surface area contributed by atoms with E-state index in [-0.39, 0.29) is 11.9 Å². The fraction of sp³-hybridized carbons (Fsp3) is 0.972. The van der Waals surface area contributed by atoms with E-state index >= 15 is 0 Å². The van der Waals surface area contributed by atoms with Crippen molar-refractivity contribution in [3.05, 3.63) is 0 Å². The number of amides is 1. The molecule has 2 N–H and O–H groups in total. The summed E-state index contributed by atoms with van der Waals surface area (Å²) in [5.74, 6) is 0.130. The molecule has 2 unspecified atom stereocenters. The number of aliphatic hydroxyl groups is 1. The van der Waals surface area contributed by atoms with Crippen molar-refractivity contribution in [2.24, 2.45) is 0 Å². The molecule has 0 aliphatic heterocycles. The lowest BCUT2D eigenvalue weighted by atomic mass is 10.00. The van der Waals surface area contributed by atoms with E-state index < -0.39 is 6.10 Å². The van der Waals surface area contributed by atoms with Gasteiger partial charge in [-0.05, 0) is 19.3 Å². The van der Waals surface area contributed by atoms with Gasteiger partial charge in [0.05, 0.1) is 12.1 Å². The topological polar surface area (TPSA) is 49.3 Å². The van der Waals surface area contributed by atoms with Crippen LogP contribution in [0.3, 0.4) is 0 Å². The van der Waals surface area contributed by atoms with Gasteiger partial charge < -0.3 is 10.4 Å². The van der Waals surface area contributed by atoms with Crippen LogP contribution in [-0.4, -0.2) is 23.2 Å². The highest BCUT2D eigenvalue weighted by Gasteiger charge is 2.18. The van der Waals surface area contributed by atoms with Crippen molar-refractivity contribution in [3.8, 4) is 0 Å². The first-order chi connectivity index (χ1) is 19.2. The highest BCUT2D eigenvalue weighted by Crippen LogP contribution is 2.16. The molecule has 0 fully saturated rings. The summed E-state index contributed by atoms with van der Waals surface area (Å²) >= 11 is 0. The van der Waals surface area contributed by atoms with Gasteiger partial charge in [0.15, 0.2) is 0 Å². The Bertz CT molecular complexity index is 481. The van der Waals surface area contributed by atoms with Crippen LogP contribution >= 0.6 is 0 Å². The van der Waals surface area contributed by atoms with E-state index in [1.165, 1.54) is 154 Å². The molecule has 0 rings (SSSR count). The lowest BCUT2D eigenvalue weighted by Crippen LogP contribution is -2.42. The maximum Gasteiger partial charge on any atom is 0.220 e. The second-order valence-electron chi connectivity index (χ2n) is 12.5. The molecule has 0 aromatic heterocycles. The van der Waals surface area contributed by atoms with E-state index in [4.69, 9.17) is 0 Å². The monoisotopic (exact) mass is 552 g/mol. The van der Waals surface area contributed by atoms with Gasteiger partial charge >= 0.3 is 0 Å². The van der Waals surface area contributed by atoms with E-state index in [9.17, 15) is 9.90 Å². The first-order valence-corrected chi connectivity index (χ1v) is 18.1. The predicted molar refractivity (Wildman–Crippen MR) is 173 cm³/mol. The number of hydrogen-bond donors (Lipinski definition) is 2. The molecular formula is C36H73NO2. The lowest BCUT2D eigenvalue weighted by molar-refractivity contribution is -0.122. The molecule has 1 amide bonds. The van der Waals surface area contributed by atoms with Gasteiger partial charge in [0.1, 0.15) is 0 Å². The molecule has 0 aromatic rings. The zero-order valence-corrected chi connectivity index (χ0v) is 27.2. The van der Waals surface area contributed by atoms with E-state index in [0.717, 1.165) is 32.1 Å². The molecule has 0 aromatic carbocycles. The van der Waals surface area contributed by atoms with Crippen LogP contribution in [0.2, 0.25) is 0 Å². The Hall–Kier alpha value is -0.570. The third kappa shape index (κ3) is 28.7. The smallest absolute Gasteiger partial charge is 0.220 e. The Balaban J connectivity index is 3.54. The number of nitrogens with one attached hydrogen (secondary N) is 1. The molecule has 3 nitrogen and oxygen atoms in total. The Morgan fingerprint density at radius 3 is 1.13 bits per heavy atom. The molecule has 3 heteroatoms. The number of unbranched alkanes of at least 4 members (excludes halogenated alkanes) is 25. The maximum atomic E-state index is 12.4. The van der Waals surface area contributed by atoms with Crippen LogP contribution in [0.15, 0.2) is 0 Å². The second-order valence-corrected chi connectivity index (χ2v) is 12.5. The van der Waals surface area contributed by atoms with Gasteiger partial charge in [0, 0.05) is 6.42 Å². The van der Waals surface area contributed by atoms with E-state index in [1.54, 1.807) is 0 Å². The first kappa shape index (κ1) is 38.4. The molecule has 39 heavy (non-hydrogen) atoms. The Labute approximate surface area is 246 Å². The quantitative estimate of drug-likeness (QED) is 0.0817. The Kier molecular flexibility index (Phi) is 31.5. The fourth-order valence-corrected chi connectivity index (χ4v) is 5.80. The second kappa shape index (κ2) is 32.0. The number of aliphatic hydroxyl groups excluding tert-OH is 1. The SMILES string of the molecule is CCCCCCCCCCCCCCCCC(O)C(CC)NC(=O)CCCCCCCCCCCCCCC. The van der Waals surface area contributed by atoms with Gasteiger partial charge in [0.25, 0.3) is 0 Å². The molecule has 0 saturated heterocycles. The summed E-state index contributed by atoms with van der Waals surface area (Å²) in [6.07, 6.45) is 38.0. The first-order valence-electron chi connectivity index (χ1n) is 18.1. The lowest BCUT2D eigenvalue weighted by Gasteiger charge is -2.23. The molecule has 0 heterocycles. The largest absolute Gasteiger partial charge is 0.391 e. The summed E-state index contributed by atoms with van der Waals surface area (Å²) in [5.41, 5.74) is 0. The van der Waals surface area contributed by atoms with Gasteiger partial charge in [-0.25, -0.2) is 0 Å². The zero-order valence-electron chi connectivity index (χ0n) is 27.2. The van der Waals surface area contributed by atoms with Crippen LogP contribution in [0.25, 0.3) is 0 Å². The third-order valence-electron chi connectivity index (χ3n) is 8.61. The molecule has 234 valence electrons. The van der Waals surface area contributed by atoms with Gasteiger partial charge in [-0.1, -0.05) is 188 Å². The minimum Gasteiger partial charge on any atom is -0.391 e. The predicted octanol–water partition coefficient (Wildman–Crippen LogP) is 11.6. The molecule has 0 aliphatic rings. The number of carbonyl (C=O) groups is 1. The van der Waals surface area contributed by atoms with Crippen molar-refractivity contribution < 1.29 is 9.90 Å². The zero-order chi connectivity index (χ0) is 28.7. The van der Waals surface area contributed by atoms with Crippen molar-refractivity contribution in [2.75, 3.05) is 0 Å². The summed E-state index contributed by atoms with van der Waals surface area (Å²) in [5, 5.41) is 13.7. The number of carbonyl (C=O) groups excluding carboxylic acids is 1. The summed E-state index contributed by atoms with van der Waals surface area (Å²) < 4.78 is 0. The fourth-order valence-electron chi connectivity index (χ4n) is 5.80. The molecule has 2 atom stereocenters. The highest BCUT2D eigenvalue weighted by molar-refractivity contribution is 5.76. The molecular weight excluding hydrogens is 478 g/mol. The van der Waals surface area contributed by atoms with Crippen LogP contribution in [0.5, 0.6) is 0 Å². The van der Waals surface area contributed by atoms with E-state index in [1.807, 2.05) is 0 Å². The van der Waals surface area contributed by atoms with Crippen molar-refractivity contribution in [2.45, 2.75) is 226 Å². The van der Waals surface area contributed by atoms with Crippen molar-refractivity contribution in [1.29, 1.82) is 0 Å². The van der Waals surface area contributed by atoms with Gasteiger partial charge in [-0.3, -0.25) is 4.79 Å². The summed E-state index contributed by atoms with van der Waals surface area (Å²) in [6.45, 7) is 6.64. The average Bonchev–Trinajstić information content (AvgIpc) is 2.94. The molecule has 0 saturated carbocycles. The molecule has 0 spiro atoms. The van der Waals surface area contributed by atoms with Crippen LogP contribution in [0, 0.1) is 0 Å². The van der Waals surface area contributed by atoms with Gasteiger partial charge in [0.2, 0.25) is 5.91 Å². The maximum absolute atomic E-state index is 12.4. The van der Waals surface area contributed by atoms with Crippen molar-refractivity contribution >= 4 is 5.91 Å². The average molecular weight is 552 g/mol. The van der Waals surface area contributed by atoms with Crippen molar-refractivity contribution in [3.63, 3.8) is 0 Å². The Morgan fingerprint density at radius 2 is 0.795 bits per heavy atom.